The van der Waals surface area contributed by atoms with Crippen molar-refractivity contribution < 1.29 is 20.3 Å². The number of nitrogens with zero attached hydrogens (tertiary/aromatic N) is 2. The average molecular weight is 433 g/mol. The molecule has 1 heterocycles. The summed E-state index contributed by atoms with van der Waals surface area (Å²) in [5.41, 5.74) is 4.22. The molecule has 0 aliphatic heterocycles. The Morgan fingerprint density at radius 3 is 1.33 bits per heavy atom. The first-order chi connectivity index (χ1) is 13.3. The molecule has 1 aromatic heterocycles. The van der Waals surface area contributed by atoms with Crippen molar-refractivity contribution in [1.82, 2.24) is 15.4 Å². The number of hydrogen-bond donors (Lipinski definition) is 1. The molecule has 0 amide bonds. The zero-order valence-electron chi connectivity index (χ0n) is 15.3. The third-order valence-electron chi connectivity index (χ3n) is 5.12. The molecule has 0 radical (unpaired) electrons. The molecule has 3 nitrogen and oxygen atoms in total. The Kier molecular flexibility index (Phi) is 5.74. The second kappa shape index (κ2) is 8.58. The minimum atomic E-state index is -3.01. The fraction of sp³-hybridized carbons (Fsp3) is 0.130. The zero-order valence-corrected chi connectivity index (χ0v) is 17.7. The fourth-order valence-electron chi connectivity index (χ4n) is 3.88. The summed E-state index contributed by atoms with van der Waals surface area (Å²) in [7, 11) is 0. The van der Waals surface area contributed by atoms with Crippen molar-refractivity contribution in [2.75, 3.05) is 0 Å². The Morgan fingerprint density at radius 1 is 0.593 bits per heavy atom. The maximum atomic E-state index is 4.57. The van der Waals surface area contributed by atoms with E-state index < -0.39 is 20.3 Å². The fourth-order valence-corrected chi connectivity index (χ4v) is 15.2. The van der Waals surface area contributed by atoms with Crippen molar-refractivity contribution in [2.24, 2.45) is 0 Å². The van der Waals surface area contributed by atoms with E-state index in [4.69, 9.17) is 0 Å². The van der Waals surface area contributed by atoms with Crippen molar-refractivity contribution in [2.45, 2.75) is 12.4 Å². The molecule has 0 saturated carbocycles. The first kappa shape index (κ1) is 18.1. The molecule has 3 aromatic carbocycles. The van der Waals surface area contributed by atoms with E-state index in [2.05, 4.69) is 106 Å². The molecule has 0 saturated heterocycles. The number of nitrogens with one attached hydrogen (secondary N) is 1. The summed E-state index contributed by atoms with van der Waals surface area (Å²) in [5.74, 6) is 0. The first-order valence-corrected chi connectivity index (χ1v) is 15.8. The molecule has 27 heavy (non-hydrogen) atoms. The molecular formula is C23H23N3Zr. The Labute approximate surface area is 164 Å². The van der Waals surface area contributed by atoms with Gasteiger partial charge < -0.3 is 0 Å². The van der Waals surface area contributed by atoms with E-state index in [1.165, 1.54) is 20.1 Å². The Morgan fingerprint density at radius 2 is 1.00 bits per heavy atom. The maximum absolute atomic E-state index is 4.57. The summed E-state index contributed by atoms with van der Waals surface area (Å²) in [6, 6.07) is 32.6. The van der Waals surface area contributed by atoms with Crippen LogP contribution in [0.2, 0.25) is 0 Å². The van der Waals surface area contributed by atoms with Crippen LogP contribution in [-0.2, 0) is 32.7 Å². The Balaban J connectivity index is 1.79. The van der Waals surface area contributed by atoms with Gasteiger partial charge in [-0.25, -0.2) is 0 Å². The second-order valence-corrected chi connectivity index (χ2v) is 17.3. The normalized spacial score (nSPS) is 11.4. The number of H-pyrrole nitrogens is 1. The summed E-state index contributed by atoms with van der Waals surface area (Å²) < 4.78 is 4.57. The van der Waals surface area contributed by atoms with E-state index in [1.807, 2.05) is 6.20 Å². The Bertz CT molecular complexity index is 837. The monoisotopic (exact) mass is 431 g/mol. The van der Waals surface area contributed by atoms with Crippen molar-refractivity contribution >= 4 is 3.40 Å². The Hall–Kier alpha value is -2.32. The molecule has 0 aliphatic carbocycles. The van der Waals surface area contributed by atoms with Gasteiger partial charge in [-0.3, -0.25) is 0 Å². The summed E-state index contributed by atoms with van der Waals surface area (Å²) in [5, 5.41) is 11.6. The van der Waals surface area contributed by atoms with E-state index in [0.717, 1.165) is 12.4 Å². The average Bonchev–Trinajstić information content (AvgIpc) is 3.26. The van der Waals surface area contributed by atoms with Gasteiger partial charge in [-0.05, 0) is 0 Å². The number of hydrogen-bond acceptors (Lipinski definition) is 2. The minimum absolute atomic E-state index is 1.12. The van der Waals surface area contributed by atoms with Gasteiger partial charge in [0, 0.05) is 0 Å². The second-order valence-electron chi connectivity index (χ2n) is 7.13. The van der Waals surface area contributed by atoms with E-state index in [0.29, 0.717) is 0 Å². The van der Waals surface area contributed by atoms with Crippen molar-refractivity contribution in [1.29, 1.82) is 0 Å². The van der Waals surface area contributed by atoms with Gasteiger partial charge in [0.05, 0.1) is 0 Å². The van der Waals surface area contributed by atoms with Crippen LogP contribution in [0.1, 0.15) is 16.7 Å². The van der Waals surface area contributed by atoms with Crippen LogP contribution in [0.5, 0.6) is 0 Å². The van der Waals surface area contributed by atoms with Gasteiger partial charge in [-0.1, -0.05) is 0 Å². The van der Waals surface area contributed by atoms with Crippen LogP contribution < -0.4 is 3.40 Å². The quantitative estimate of drug-likeness (QED) is 0.476. The molecule has 0 atom stereocenters. The van der Waals surface area contributed by atoms with Gasteiger partial charge in [0.25, 0.3) is 0 Å². The molecule has 4 aromatic rings. The van der Waals surface area contributed by atoms with Gasteiger partial charge in [-0.15, -0.1) is 0 Å². The third kappa shape index (κ3) is 4.51. The van der Waals surface area contributed by atoms with Crippen molar-refractivity contribution in [3.8, 4) is 0 Å². The first-order valence-electron chi connectivity index (χ1n) is 9.33. The van der Waals surface area contributed by atoms with Gasteiger partial charge in [0.2, 0.25) is 0 Å². The molecule has 0 aliphatic rings. The van der Waals surface area contributed by atoms with Gasteiger partial charge in [-0.2, -0.15) is 0 Å². The van der Waals surface area contributed by atoms with Gasteiger partial charge in [0.1, 0.15) is 0 Å². The van der Waals surface area contributed by atoms with Crippen molar-refractivity contribution in [3.05, 3.63) is 114 Å². The van der Waals surface area contributed by atoms with Crippen LogP contribution in [0.3, 0.4) is 0 Å². The molecule has 1 N–H and O–H groups in total. The van der Waals surface area contributed by atoms with Crippen molar-refractivity contribution in [3.63, 3.8) is 0 Å². The molecule has 0 bridgehead atoms. The number of rotatable bonds is 7. The number of benzene rings is 3. The molecular weight excluding hydrogens is 409 g/mol. The topological polar surface area (TPSA) is 41.6 Å². The molecule has 4 heteroatoms. The molecule has 0 fully saturated rings. The summed E-state index contributed by atoms with van der Waals surface area (Å²) >= 11 is -3.01. The number of aromatic amines is 1. The van der Waals surface area contributed by atoms with Crippen LogP contribution in [0.4, 0.5) is 0 Å². The predicted octanol–water partition coefficient (Wildman–Crippen LogP) is 4.18. The van der Waals surface area contributed by atoms with Gasteiger partial charge >= 0.3 is 165 Å². The van der Waals surface area contributed by atoms with Gasteiger partial charge in [0.15, 0.2) is 0 Å². The molecule has 0 spiro atoms. The standard InChI is InChI=1S/3C7H7.C2H2N3.Zr/c3*1-7-5-3-2-4-6-7;1-2-4-5-3-1;/h3*2-6H,1H2;1H,(H,3,4,5);. The summed E-state index contributed by atoms with van der Waals surface area (Å²) in [6.07, 6.45) is 2.05. The number of aromatic nitrogens is 3. The van der Waals surface area contributed by atoms with E-state index >= 15 is 0 Å². The molecule has 134 valence electrons. The van der Waals surface area contributed by atoms with E-state index in [1.54, 1.807) is 0 Å². The molecule has 4 rings (SSSR count). The third-order valence-corrected chi connectivity index (χ3v) is 16.4. The van der Waals surface area contributed by atoms with Crippen LogP contribution in [0.25, 0.3) is 0 Å². The predicted molar refractivity (Wildman–Crippen MR) is 106 cm³/mol. The summed E-state index contributed by atoms with van der Waals surface area (Å²) in [6.45, 7) is 0. The van der Waals surface area contributed by atoms with E-state index in [9.17, 15) is 0 Å². The zero-order chi connectivity index (χ0) is 18.4. The van der Waals surface area contributed by atoms with Crippen LogP contribution in [0.15, 0.2) is 97.2 Å². The van der Waals surface area contributed by atoms with Crippen LogP contribution in [0, 0.1) is 0 Å². The van der Waals surface area contributed by atoms with Crippen LogP contribution >= 0.6 is 0 Å². The summed E-state index contributed by atoms with van der Waals surface area (Å²) in [4.78, 5) is 0. The molecule has 0 unspecified atom stereocenters. The SMILES string of the molecule is c1ccc([CH2][Zr]([CH2]c2ccccc2)([CH2]c2ccccc2)[c]2c[nH]nn2)cc1. The van der Waals surface area contributed by atoms with E-state index in [-0.39, 0.29) is 0 Å². The van der Waals surface area contributed by atoms with Crippen LogP contribution in [-0.4, -0.2) is 15.4 Å².